The van der Waals surface area contributed by atoms with E-state index < -0.39 is 5.82 Å². The number of amides is 1. The van der Waals surface area contributed by atoms with Gasteiger partial charge >= 0.3 is 0 Å². The van der Waals surface area contributed by atoms with Crippen molar-refractivity contribution in [2.75, 3.05) is 24.8 Å². The van der Waals surface area contributed by atoms with Gasteiger partial charge in [0, 0.05) is 37.3 Å². The van der Waals surface area contributed by atoms with Gasteiger partial charge in [-0.05, 0) is 30.3 Å². The molecule has 7 heteroatoms. The first-order valence-corrected chi connectivity index (χ1v) is 7.91. The molecular weight excluding hydrogens is 337 g/mol. The zero-order valence-corrected chi connectivity index (χ0v) is 14.6. The molecule has 0 aliphatic rings. The summed E-state index contributed by atoms with van der Waals surface area (Å²) in [5, 5.41) is 6.20. The van der Waals surface area contributed by atoms with Gasteiger partial charge in [-0.2, -0.15) is 0 Å². The molecule has 0 saturated heterocycles. The van der Waals surface area contributed by atoms with Gasteiger partial charge in [0.05, 0.1) is 18.3 Å². The van der Waals surface area contributed by atoms with Crippen molar-refractivity contribution in [3.05, 3.63) is 48.4 Å². The lowest BCUT2D eigenvalue weighted by Gasteiger charge is -2.13. The molecule has 3 rings (SSSR count). The number of hydrogen-bond acceptors (Lipinski definition) is 5. The number of benzene rings is 2. The highest BCUT2D eigenvalue weighted by atomic mass is 19.1. The van der Waals surface area contributed by atoms with E-state index in [1.807, 2.05) is 0 Å². The quantitative estimate of drug-likeness (QED) is 0.718. The van der Waals surface area contributed by atoms with Crippen molar-refractivity contribution in [2.45, 2.75) is 6.92 Å². The number of ether oxygens (including phenoxy) is 2. The molecular formula is C19H18FN3O3. The van der Waals surface area contributed by atoms with E-state index in [1.165, 1.54) is 20.1 Å². The SMILES string of the molecule is CNc1ccc(Oc2ccnc3cc(NC(C)=O)c(OC)cc23)c(F)c1. The third-order valence-corrected chi connectivity index (χ3v) is 3.77. The van der Waals surface area contributed by atoms with Crippen LogP contribution in [0.2, 0.25) is 0 Å². The molecule has 6 nitrogen and oxygen atoms in total. The number of hydrogen-bond donors (Lipinski definition) is 2. The van der Waals surface area contributed by atoms with Crippen LogP contribution in [0.25, 0.3) is 10.9 Å². The first-order chi connectivity index (χ1) is 12.5. The van der Waals surface area contributed by atoms with Crippen LogP contribution in [0.3, 0.4) is 0 Å². The molecule has 2 aromatic carbocycles. The van der Waals surface area contributed by atoms with Gasteiger partial charge < -0.3 is 20.1 Å². The minimum atomic E-state index is -0.483. The van der Waals surface area contributed by atoms with Gasteiger partial charge in [-0.1, -0.05) is 0 Å². The zero-order chi connectivity index (χ0) is 18.7. The third kappa shape index (κ3) is 3.51. The summed E-state index contributed by atoms with van der Waals surface area (Å²) in [5.41, 5.74) is 1.73. The molecule has 0 aliphatic carbocycles. The molecule has 0 saturated carbocycles. The summed E-state index contributed by atoms with van der Waals surface area (Å²) >= 11 is 0. The van der Waals surface area contributed by atoms with E-state index in [-0.39, 0.29) is 11.7 Å². The molecule has 0 atom stereocenters. The number of pyridine rings is 1. The first kappa shape index (κ1) is 17.5. The number of halogens is 1. The van der Waals surface area contributed by atoms with E-state index in [0.717, 1.165) is 0 Å². The van der Waals surface area contributed by atoms with Crippen LogP contribution in [-0.2, 0) is 4.79 Å². The molecule has 2 N–H and O–H groups in total. The van der Waals surface area contributed by atoms with E-state index >= 15 is 0 Å². The predicted octanol–water partition coefficient (Wildman–Crippen LogP) is 4.17. The van der Waals surface area contributed by atoms with E-state index in [0.29, 0.717) is 33.8 Å². The van der Waals surface area contributed by atoms with Gasteiger partial charge in [-0.15, -0.1) is 0 Å². The fraction of sp³-hybridized carbons (Fsp3) is 0.158. The Morgan fingerprint density at radius 2 is 1.92 bits per heavy atom. The minimum absolute atomic E-state index is 0.0985. The number of fused-ring (bicyclic) bond motifs is 1. The highest BCUT2D eigenvalue weighted by Crippen LogP contribution is 2.36. The van der Waals surface area contributed by atoms with Crippen molar-refractivity contribution < 1.29 is 18.7 Å². The Kier molecular flexibility index (Phi) is 4.88. The number of anilines is 2. The second-order valence-electron chi connectivity index (χ2n) is 5.56. The first-order valence-electron chi connectivity index (χ1n) is 7.91. The summed E-state index contributed by atoms with van der Waals surface area (Å²) in [6.07, 6.45) is 1.56. The lowest BCUT2D eigenvalue weighted by atomic mass is 10.1. The Morgan fingerprint density at radius 1 is 1.12 bits per heavy atom. The largest absolute Gasteiger partial charge is 0.495 e. The summed E-state index contributed by atoms with van der Waals surface area (Å²) in [6, 6.07) is 9.65. The fourth-order valence-electron chi connectivity index (χ4n) is 2.55. The van der Waals surface area contributed by atoms with E-state index in [2.05, 4.69) is 15.6 Å². The second kappa shape index (κ2) is 7.26. The summed E-state index contributed by atoms with van der Waals surface area (Å²) in [4.78, 5) is 15.6. The highest BCUT2D eigenvalue weighted by Gasteiger charge is 2.13. The molecule has 3 aromatic rings. The molecule has 0 radical (unpaired) electrons. The molecule has 1 amide bonds. The monoisotopic (exact) mass is 355 g/mol. The van der Waals surface area contributed by atoms with Crippen molar-refractivity contribution in [1.82, 2.24) is 4.98 Å². The molecule has 0 aliphatic heterocycles. The van der Waals surface area contributed by atoms with E-state index in [9.17, 15) is 9.18 Å². The summed E-state index contributed by atoms with van der Waals surface area (Å²) < 4.78 is 25.3. The van der Waals surface area contributed by atoms with Crippen LogP contribution in [0.15, 0.2) is 42.6 Å². The number of methoxy groups -OCH3 is 1. The average Bonchev–Trinajstić information content (AvgIpc) is 2.62. The number of nitrogens with one attached hydrogen (secondary N) is 2. The van der Waals surface area contributed by atoms with Crippen molar-refractivity contribution in [3.63, 3.8) is 0 Å². The lowest BCUT2D eigenvalue weighted by molar-refractivity contribution is -0.114. The smallest absolute Gasteiger partial charge is 0.221 e. The van der Waals surface area contributed by atoms with Gasteiger partial charge in [0.15, 0.2) is 11.6 Å². The van der Waals surface area contributed by atoms with Crippen molar-refractivity contribution in [2.24, 2.45) is 0 Å². The number of carbonyl (C=O) groups excluding carboxylic acids is 1. The zero-order valence-electron chi connectivity index (χ0n) is 14.6. The normalized spacial score (nSPS) is 10.5. The summed E-state index contributed by atoms with van der Waals surface area (Å²) in [5.74, 6) is 0.280. The molecule has 0 fully saturated rings. The van der Waals surface area contributed by atoms with Gasteiger partial charge in [0.25, 0.3) is 0 Å². The number of rotatable bonds is 5. The maximum Gasteiger partial charge on any atom is 0.221 e. The maximum atomic E-state index is 14.2. The molecule has 1 aromatic heterocycles. The highest BCUT2D eigenvalue weighted by molar-refractivity contribution is 5.96. The maximum absolute atomic E-state index is 14.2. The lowest BCUT2D eigenvalue weighted by Crippen LogP contribution is -2.07. The van der Waals surface area contributed by atoms with Crippen LogP contribution in [-0.4, -0.2) is 25.0 Å². The van der Waals surface area contributed by atoms with Crippen LogP contribution in [0.4, 0.5) is 15.8 Å². The second-order valence-corrected chi connectivity index (χ2v) is 5.56. The van der Waals surface area contributed by atoms with Gasteiger partial charge in [0.2, 0.25) is 5.91 Å². The minimum Gasteiger partial charge on any atom is -0.495 e. The predicted molar refractivity (Wildman–Crippen MR) is 98.6 cm³/mol. The van der Waals surface area contributed by atoms with Crippen molar-refractivity contribution in [3.8, 4) is 17.2 Å². The molecule has 134 valence electrons. The van der Waals surface area contributed by atoms with Gasteiger partial charge in [-0.3, -0.25) is 9.78 Å². The van der Waals surface area contributed by atoms with Crippen LogP contribution < -0.4 is 20.1 Å². The number of nitrogens with zero attached hydrogens (tertiary/aromatic N) is 1. The van der Waals surface area contributed by atoms with Gasteiger partial charge in [0.1, 0.15) is 11.5 Å². The average molecular weight is 355 g/mol. The van der Waals surface area contributed by atoms with Crippen molar-refractivity contribution >= 4 is 28.2 Å². The third-order valence-electron chi connectivity index (χ3n) is 3.77. The van der Waals surface area contributed by atoms with Crippen molar-refractivity contribution in [1.29, 1.82) is 0 Å². The Bertz CT molecular complexity index is 976. The summed E-state index contributed by atoms with van der Waals surface area (Å²) in [7, 11) is 3.21. The van der Waals surface area contributed by atoms with Gasteiger partial charge in [-0.25, -0.2) is 4.39 Å². The topological polar surface area (TPSA) is 72.5 Å². The Balaban J connectivity index is 2.05. The Morgan fingerprint density at radius 3 is 2.58 bits per heavy atom. The summed E-state index contributed by atoms with van der Waals surface area (Å²) in [6.45, 7) is 1.41. The molecule has 26 heavy (non-hydrogen) atoms. The molecule has 0 unspecified atom stereocenters. The number of carbonyl (C=O) groups is 1. The molecule has 0 bridgehead atoms. The van der Waals surface area contributed by atoms with Crippen LogP contribution >= 0.6 is 0 Å². The fourth-order valence-corrected chi connectivity index (χ4v) is 2.55. The van der Waals surface area contributed by atoms with Crippen LogP contribution in [0.1, 0.15) is 6.92 Å². The van der Waals surface area contributed by atoms with Crippen LogP contribution in [0.5, 0.6) is 17.2 Å². The van der Waals surface area contributed by atoms with E-state index in [4.69, 9.17) is 9.47 Å². The van der Waals surface area contributed by atoms with Crippen LogP contribution in [0, 0.1) is 5.82 Å². The standard InChI is InChI=1S/C19H18FN3O3/c1-11(24)23-16-10-15-13(9-19(16)25-3)17(6-7-22-15)26-18-5-4-12(21-2)8-14(18)20/h4-10,21H,1-3H3,(H,23,24). The molecule has 0 spiro atoms. The van der Waals surface area contributed by atoms with E-state index in [1.54, 1.807) is 43.6 Å². The Labute approximate surface area is 150 Å². The molecule has 1 heterocycles. The Hall–Kier alpha value is -3.35. The number of aromatic nitrogens is 1.